The Bertz CT molecular complexity index is 890. The Morgan fingerprint density at radius 1 is 1.23 bits per heavy atom. The van der Waals surface area contributed by atoms with Gasteiger partial charge >= 0.3 is 11.6 Å². The Hall–Kier alpha value is -2.32. The molecule has 0 saturated heterocycles. The number of pyridine rings is 1. The Morgan fingerprint density at radius 2 is 2.05 bits per heavy atom. The molecule has 0 bridgehead atoms. The van der Waals surface area contributed by atoms with Gasteiger partial charge in [0.15, 0.2) is 5.75 Å². The van der Waals surface area contributed by atoms with Crippen LogP contribution in [0.15, 0.2) is 41.3 Å². The molecule has 2 aromatic heterocycles. The van der Waals surface area contributed by atoms with Crippen molar-refractivity contribution in [1.82, 2.24) is 15.0 Å². The summed E-state index contributed by atoms with van der Waals surface area (Å²) in [5.74, 6) is 0.0935. The molecule has 7 nitrogen and oxygen atoms in total. The first-order valence-electron chi connectivity index (χ1n) is 5.94. The highest BCUT2D eigenvalue weighted by Crippen LogP contribution is 2.37. The summed E-state index contributed by atoms with van der Waals surface area (Å²) in [4.78, 5) is 22.0. The first-order chi connectivity index (χ1) is 10.6. The van der Waals surface area contributed by atoms with E-state index in [4.69, 9.17) is 16.3 Å². The molecule has 9 heteroatoms. The molecule has 110 valence electrons. The second-order valence-corrected chi connectivity index (χ2v) is 5.33. The van der Waals surface area contributed by atoms with Gasteiger partial charge in [-0.15, -0.1) is 0 Å². The summed E-state index contributed by atoms with van der Waals surface area (Å²) < 4.78 is 6.39. The van der Waals surface area contributed by atoms with Gasteiger partial charge in [0.05, 0.1) is 4.92 Å². The Labute approximate surface area is 137 Å². The molecule has 0 spiro atoms. The van der Waals surface area contributed by atoms with Gasteiger partial charge in [-0.1, -0.05) is 33.6 Å². The van der Waals surface area contributed by atoms with Gasteiger partial charge in [-0.2, -0.15) is 4.98 Å². The van der Waals surface area contributed by atoms with E-state index in [0.29, 0.717) is 11.3 Å². The molecular formula is C13H6BrClN4O3. The molecule has 1 aromatic carbocycles. The topological polar surface area (TPSA) is 91.0 Å². The van der Waals surface area contributed by atoms with E-state index in [1.54, 1.807) is 24.4 Å². The summed E-state index contributed by atoms with van der Waals surface area (Å²) in [6.45, 7) is 0. The van der Waals surface area contributed by atoms with Crippen LogP contribution in [0.25, 0.3) is 10.9 Å². The van der Waals surface area contributed by atoms with Gasteiger partial charge in [-0.05, 0) is 18.2 Å². The lowest BCUT2D eigenvalue weighted by molar-refractivity contribution is -0.386. The minimum absolute atomic E-state index is 0.237. The Kier molecular flexibility index (Phi) is 3.86. The molecule has 0 atom stereocenters. The number of benzene rings is 1. The maximum atomic E-state index is 11.1. The quantitative estimate of drug-likeness (QED) is 0.385. The molecule has 0 amide bonds. The van der Waals surface area contributed by atoms with Crippen molar-refractivity contribution in [2.45, 2.75) is 0 Å². The number of fused-ring (bicyclic) bond motifs is 1. The van der Waals surface area contributed by atoms with Crippen LogP contribution >= 0.6 is 27.5 Å². The van der Waals surface area contributed by atoms with Gasteiger partial charge in [0.2, 0.25) is 5.15 Å². The molecule has 0 fully saturated rings. The molecular weight excluding hydrogens is 376 g/mol. The predicted octanol–water partition coefficient (Wildman–Crippen LogP) is 4.14. The molecule has 0 radical (unpaired) electrons. The maximum absolute atomic E-state index is 11.1. The third-order valence-electron chi connectivity index (χ3n) is 2.81. The number of hydrogen-bond donors (Lipinski definition) is 0. The van der Waals surface area contributed by atoms with Crippen LogP contribution in [-0.4, -0.2) is 19.9 Å². The number of halogens is 2. The van der Waals surface area contributed by atoms with Crippen molar-refractivity contribution in [2.75, 3.05) is 0 Å². The van der Waals surface area contributed by atoms with Crippen LogP contribution in [0.3, 0.4) is 0 Å². The zero-order valence-corrected chi connectivity index (χ0v) is 13.1. The van der Waals surface area contributed by atoms with E-state index in [2.05, 4.69) is 30.9 Å². The van der Waals surface area contributed by atoms with Crippen LogP contribution in [0, 0.1) is 10.1 Å². The normalized spacial score (nSPS) is 10.6. The van der Waals surface area contributed by atoms with Crippen molar-refractivity contribution < 1.29 is 9.66 Å². The third kappa shape index (κ3) is 2.58. The van der Waals surface area contributed by atoms with Crippen LogP contribution in [-0.2, 0) is 0 Å². The van der Waals surface area contributed by atoms with Crippen LogP contribution < -0.4 is 4.74 Å². The Balaban J connectivity index is 2.14. The molecule has 22 heavy (non-hydrogen) atoms. The minimum Gasteiger partial charge on any atom is -0.431 e. The van der Waals surface area contributed by atoms with Crippen molar-refractivity contribution in [3.8, 4) is 11.6 Å². The lowest BCUT2D eigenvalue weighted by Crippen LogP contribution is -1.99. The largest absolute Gasteiger partial charge is 0.431 e. The SMILES string of the molecule is O=[N+]([O-])c1c(Cl)ncnc1Oc1ccc(Br)c2cccnc12. The van der Waals surface area contributed by atoms with Crippen molar-refractivity contribution in [3.63, 3.8) is 0 Å². The van der Waals surface area contributed by atoms with Crippen molar-refractivity contribution >= 4 is 44.1 Å². The highest BCUT2D eigenvalue weighted by molar-refractivity contribution is 9.10. The first-order valence-corrected chi connectivity index (χ1v) is 7.11. The number of nitrogens with zero attached hydrogens (tertiary/aromatic N) is 4. The van der Waals surface area contributed by atoms with E-state index in [9.17, 15) is 10.1 Å². The van der Waals surface area contributed by atoms with Gasteiger partial charge in [-0.3, -0.25) is 15.1 Å². The Morgan fingerprint density at radius 3 is 2.82 bits per heavy atom. The fraction of sp³-hybridized carbons (Fsp3) is 0. The zero-order chi connectivity index (χ0) is 15.7. The van der Waals surface area contributed by atoms with E-state index in [1.165, 1.54) is 0 Å². The van der Waals surface area contributed by atoms with E-state index in [1.807, 2.05) is 6.07 Å². The van der Waals surface area contributed by atoms with E-state index >= 15 is 0 Å². The third-order valence-corrected chi connectivity index (χ3v) is 3.78. The number of nitro groups is 1. The van der Waals surface area contributed by atoms with E-state index in [-0.39, 0.29) is 11.0 Å². The van der Waals surface area contributed by atoms with Crippen molar-refractivity contribution in [1.29, 1.82) is 0 Å². The number of rotatable bonds is 3. The van der Waals surface area contributed by atoms with Gasteiger partial charge in [-0.25, -0.2) is 4.98 Å². The monoisotopic (exact) mass is 380 g/mol. The molecule has 0 saturated carbocycles. The smallest absolute Gasteiger partial charge is 0.368 e. The number of hydrogen-bond acceptors (Lipinski definition) is 6. The molecule has 0 aliphatic carbocycles. The predicted molar refractivity (Wildman–Crippen MR) is 83.2 cm³/mol. The summed E-state index contributed by atoms with van der Waals surface area (Å²) in [6.07, 6.45) is 2.70. The van der Waals surface area contributed by atoms with Crippen LogP contribution in [0.5, 0.6) is 11.6 Å². The maximum Gasteiger partial charge on any atom is 0.368 e. The van der Waals surface area contributed by atoms with E-state index < -0.39 is 10.6 Å². The lowest BCUT2D eigenvalue weighted by Gasteiger charge is -2.08. The standard InChI is InChI=1S/C13H6BrClN4O3/c14-8-3-4-9(10-7(8)2-1-5-16-10)22-13-11(19(20)21)12(15)17-6-18-13/h1-6H. The minimum atomic E-state index is -0.688. The van der Waals surface area contributed by atoms with Gasteiger partial charge in [0.1, 0.15) is 11.8 Å². The molecule has 2 heterocycles. The molecule has 3 rings (SSSR count). The summed E-state index contributed by atoms with van der Waals surface area (Å²) in [7, 11) is 0. The average Bonchev–Trinajstić information content (AvgIpc) is 2.50. The number of aromatic nitrogens is 3. The summed E-state index contributed by atoms with van der Waals surface area (Å²) in [6, 6.07) is 7.02. The molecule has 0 aliphatic rings. The average molecular weight is 382 g/mol. The highest BCUT2D eigenvalue weighted by Gasteiger charge is 2.24. The van der Waals surface area contributed by atoms with E-state index in [0.717, 1.165) is 16.2 Å². The fourth-order valence-corrected chi connectivity index (χ4v) is 2.51. The highest BCUT2D eigenvalue weighted by atomic mass is 79.9. The fourth-order valence-electron chi connectivity index (χ4n) is 1.87. The van der Waals surface area contributed by atoms with Crippen LogP contribution in [0.1, 0.15) is 0 Å². The molecule has 0 aliphatic heterocycles. The molecule has 3 aromatic rings. The summed E-state index contributed by atoms with van der Waals surface area (Å²) in [5.41, 5.74) is 0.0528. The molecule has 0 unspecified atom stereocenters. The summed E-state index contributed by atoms with van der Waals surface area (Å²) in [5, 5.41) is 11.6. The zero-order valence-electron chi connectivity index (χ0n) is 10.7. The van der Waals surface area contributed by atoms with Crippen LogP contribution in [0.4, 0.5) is 5.69 Å². The summed E-state index contributed by atoms with van der Waals surface area (Å²) >= 11 is 9.15. The lowest BCUT2D eigenvalue weighted by atomic mass is 10.2. The van der Waals surface area contributed by atoms with Gasteiger partial charge in [0.25, 0.3) is 0 Å². The number of ether oxygens (including phenoxy) is 1. The van der Waals surface area contributed by atoms with Crippen molar-refractivity contribution in [2.24, 2.45) is 0 Å². The second kappa shape index (κ2) is 5.82. The van der Waals surface area contributed by atoms with Gasteiger partial charge in [0, 0.05) is 16.1 Å². The second-order valence-electron chi connectivity index (χ2n) is 4.12. The van der Waals surface area contributed by atoms with Crippen molar-refractivity contribution in [3.05, 3.63) is 56.5 Å². The molecule has 0 N–H and O–H groups in total. The first kappa shape index (κ1) is 14.6. The van der Waals surface area contributed by atoms with Gasteiger partial charge < -0.3 is 4.74 Å². The van der Waals surface area contributed by atoms with Crippen LogP contribution in [0.2, 0.25) is 5.15 Å².